The zero-order chi connectivity index (χ0) is 25.0. The summed E-state index contributed by atoms with van der Waals surface area (Å²) in [5, 5.41) is 6.41. The zero-order valence-corrected chi connectivity index (χ0v) is 18.7. The fraction of sp³-hybridized carbons (Fsp3) is 0.304. The van der Waals surface area contributed by atoms with Crippen molar-refractivity contribution < 1.29 is 32.2 Å². The smallest absolute Gasteiger partial charge is 0.434 e. The third-order valence-electron chi connectivity index (χ3n) is 5.25. The van der Waals surface area contributed by atoms with Crippen LogP contribution in [0.1, 0.15) is 33.3 Å². The van der Waals surface area contributed by atoms with Gasteiger partial charge in [0.25, 0.3) is 5.91 Å². The number of anilines is 2. The van der Waals surface area contributed by atoms with Gasteiger partial charge in [-0.3, -0.25) is 4.79 Å². The zero-order valence-electron chi connectivity index (χ0n) is 18.7. The Morgan fingerprint density at radius 1 is 1.09 bits per heavy atom. The Hall–Kier alpha value is -3.93. The monoisotopic (exact) mass is 489 g/mol. The number of hydrogen-bond donors (Lipinski definition) is 1. The lowest BCUT2D eigenvalue weighted by molar-refractivity contribution is -0.143. The first-order valence-electron chi connectivity index (χ1n) is 10.8. The van der Waals surface area contributed by atoms with E-state index >= 15 is 0 Å². The van der Waals surface area contributed by atoms with Crippen LogP contribution in [0.5, 0.6) is 0 Å². The number of benzene rings is 1. The van der Waals surface area contributed by atoms with E-state index in [9.17, 15) is 22.8 Å². The number of nitrogens with one attached hydrogen (secondary N) is 1. The first-order chi connectivity index (χ1) is 16.8. The van der Waals surface area contributed by atoms with Gasteiger partial charge in [-0.1, -0.05) is 0 Å². The van der Waals surface area contributed by atoms with Crippen LogP contribution >= 0.6 is 0 Å². The van der Waals surface area contributed by atoms with Crippen molar-refractivity contribution in [3.8, 4) is 5.69 Å². The van der Waals surface area contributed by atoms with Crippen LogP contribution in [0.2, 0.25) is 0 Å². The molecule has 0 spiro atoms. The molecule has 0 radical (unpaired) electrons. The summed E-state index contributed by atoms with van der Waals surface area (Å²) >= 11 is 0. The lowest BCUT2D eigenvalue weighted by Gasteiger charge is -2.27. The Labute approximate surface area is 198 Å². The van der Waals surface area contributed by atoms with Crippen molar-refractivity contribution in [1.29, 1.82) is 0 Å². The maximum atomic E-state index is 13.7. The number of alkyl halides is 3. The number of rotatable bonds is 6. The van der Waals surface area contributed by atoms with E-state index in [0.717, 1.165) is 25.1 Å². The molecule has 0 bridgehead atoms. The van der Waals surface area contributed by atoms with Crippen LogP contribution in [-0.4, -0.2) is 59.6 Å². The summed E-state index contributed by atoms with van der Waals surface area (Å²) in [6.07, 6.45) is -2.55. The van der Waals surface area contributed by atoms with Gasteiger partial charge >= 0.3 is 12.1 Å². The van der Waals surface area contributed by atoms with Crippen LogP contribution in [-0.2, 0) is 15.7 Å². The number of halogens is 3. The molecule has 1 saturated heterocycles. The molecule has 0 saturated carbocycles. The summed E-state index contributed by atoms with van der Waals surface area (Å²) in [6, 6.07) is 8.99. The van der Waals surface area contributed by atoms with Gasteiger partial charge in [0.2, 0.25) is 0 Å². The minimum Gasteiger partial charge on any atom is -0.462 e. The average Bonchev–Trinajstić information content (AvgIpc) is 3.32. The number of amides is 1. The molecule has 35 heavy (non-hydrogen) atoms. The third-order valence-corrected chi connectivity index (χ3v) is 5.25. The second-order valence-electron chi connectivity index (χ2n) is 7.54. The Bertz CT molecular complexity index is 1190. The number of carbonyl (C=O) groups is 2. The van der Waals surface area contributed by atoms with Gasteiger partial charge in [-0.2, -0.15) is 18.3 Å². The van der Waals surface area contributed by atoms with Crippen molar-refractivity contribution in [2.45, 2.75) is 13.1 Å². The van der Waals surface area contributed by atoms with Gasteiger partial charge in [-0.15, -0.1) is 0 Å². The Morgan fingerprint density at radius 2 is 1.80 bits per heavy atom. The second-order valence-corrected chi connectivity index (χ2v) is 7.54. The van der Waals surface area contributed by atoms with E-state index in [0.29, 0.717) is 29.1 Å². The van der Waals surface area contributed by atoms with Crippen molar-refractivity contribution in [1.82, 2.24) is 14.8 Å². The van der Waals surface area contributed by atoms with Crippen molar-refractivity contribution in [2.24, 2.45) is 0 Å². The SMILES string of the molecule is CCOC(=O)c1cnn(-c2ccc(NC(=O)c3ccc(N4CCOCC4)nc3)cc2)c1C(F)(F)F. The highest BCUT2D eigenvalue weighted by Crippen LogP contribution is 2.34. The fourth-order valence-corrected chi connectivity index (χ4v) is 3.56. The highest BCUT2D eigenvalue weighted by molar-refractivity contribution is 6.04. The Kier molecular flexibility index (Phi) is 7.01. The molecule has 9 nitrogen and oxygen atoms in total. The minimum absolute atomic E-state index is 0.0578. The normalized spacial score (nSPS) is 14.0. The van der Waals surface area contributed by atoms with Gasteiger partial charge in [0.1, 0.15) is 11.4 Å². The maximum absolute atomic E-state index is 13.7. The van der Waals surface area contributed by atoms with Gasteiger partial charge in [-0.05, 0) is 43.3 Å². The van der Waals surface area contributed by atoms with Crippen LogP contribution in [0, 0.1) is 0 Å². The molecule has 1 fully saturated rings. The molecule has 3 heterocycles. The van der Waals surface area contributed by atoms with Crippen molar-refractivity contribution >= 4 is 23.4 Å². The molecule has 184 valence electrons. The summed E-state index contributed by atoms with van der Waals surface area (Å²) in [5.41, 5.74) is -1.16. The van der Waals surface area contributed by atoms with Crippen LogP contribution in [0.15, 0.2) is 48.8 Å². The topological polar surface area (TPSA) is 98.6 Å². The van der Waals surface area contributed by atoms with Gasteiger partial charge in [-0.25, -0.2) is 14.5 Å². The second kappa shape index (κ2) is 10.1. The van der Waals surface area contributed by atoms with Crippen LogP contribution in [0.25, 0.3) is 5.69 Å². The molecule has 0 unspecified atom stereocenters. The summed E-state index contributed by atoms with van der Waals surface area (Å²) in [4.78, 5) is 30.9. The Balaban J connectivity index is 1.48. The standard InChI is InChI=1S/C23H22F3N5O4/c1-2-35-22(33)18-14-28-31(20(18)23(24,25)26)17-6-4-16(5-7-17)29-21(32)15-3-8-19(27-13-15)30-9-11-34-12-10-30/h3-8,13-14H,2,9-12H2,1H3,(H,29,32). The van der Waals surface area contributed by atoms with Crippen LogP contribution in [0.3, 0.4) is 0 Å². The van der Waals surface area contributed by atoms with E-state index in [-0.39, 0.29) is 12.3 Å². The summed E-state index contributed by atoms with van der Waals surface area (Å²) in [5.74, 6) is -0.780. The minimum atomic E-state index is -4.84. The van der Waals surface area contributed by atoms with E-state index in [1.54, 1.807) is 12.1 Å². The quantitative estimate of drug-likeness (QED) is 0.529. The van der Waals surface area contributed by atoms with Gasteiger partial charge < -0.3 is 19.7 Å². The van der Waals surface area contributed by atoms with Crippen LogP contribution in [0.4, 0.5) is 24.7 Å². The lowest BCUT2D eigenvalue weighted by Crippen LogP contribution is -2.36. The number of aromatic nitrogens is 3. The molecule has 0 atom stereocenters. The lowest BCUT2D eigenvalue weighted by atomic mass is 10.2. The predicted octanol–water partition coefficient (Wildman–Crippen LogP) is 3.55. The van der Waals surface area contributed by atoms with E-state index in [1.165, 1.54) is 37.4 Å². The van der Waals surface area contributed by atoms with Gasteiger partial charge in [0.15, 0.2) is 5.69 Å². The first kappa shape index (κ1) is 24.2. The summed E-state index contributed by atoms with van der Waals surface area (Å²) in [7, 11) is 0. The van der Waals surface area contributed by atoms with Gasteiger partial charge in [0, 0.05) is 25.0 Å². The summed E-state index contributed by atoms with van der Waals surface area (Å²) < 4.78 is 51.7. The molecule has 1 N–H and O–H groups in total. The summed E-state index contributed by atoms with van der Waals surface area (Å²) in [6.45, 7) is 4.11. The molecule has 12 heteroatoms. The van der Waals surface area contributed by atoms with E-state index in [4.69, 9.17) is 9.47 Å². The number of morpholine rings is 1. The number of hydrogen-bond acceptors (Lipinski definition) is 7. The maximum Gasteiger partial charge on any atom is 0.434 e. The average molecular weight is 489 g/mol. The molecule has 1 amide bonds. The molecule has 4 rings (SSSR count). The van der Waals surface area contributed by atoms with E-state index in [2.05, 4.69) is 20.3 Å². The fourth-order valence-electron chi connectivity index (χ4n) is 3.56. The van der Waals surface area contributed by atoms with Crippen molar-refractivity contribution in [2.75, 3.05) is 43.1 Å². The highest BCUT2D eigenvalue weighted by atomic mass is 19.4. The van der Waals surface area contributed by atoms with Crippen LogP contribution < -0.4 is 10.2 Å². The molecule has 1 aromatic carbocycles. The first-order valence-corrected chi connectivity index (χ1v) is 10.8. The third kappa shape index (κ3) is 5.43. The largest absolute Gasteiger partial charge is 0.462 e. The molecule has 0 aliphatic carbocycles. The predicted molar refractivity (Wildman–Crippen MR) is 120 cm³/mol. The number of pyridine rings is 1. The molecular formula is C23H22F3N5O4. The van der Waals surface area contributed by atoms with Crippen molar-refractivity contribution in [3.63, 3.8) is 0 Å². The highest BCUT2D eigenvalue weighted by Gasteiger charge is 2.41. The number of esters is 1. The number of ether oxygens (including phenoxy) is 2. The van der Waals surface area contributed by atoms with Crippen molar-refractivity contribution in [3.05, 3.63) is 65.6 Å². The molecular weight excluding hydrogens is 467 g/mol. The Morgan fingerprint density at radius 3 is 2.40 bits per heavy atom. The number of carbonyl (C=O) groups excluding carboxylic acids is 2. The molecule has 2 aromatic heterocycles. The van der Waals surface area contributed by atoms with E-state index in [1.807, 2.05) is 0 Å². The van der Waals surface area contributed by atoms with E-state index < -0.39 is 29.3 Å². The van der Waals surface area contributed by atoms with Gasteiger partial charge in [0.05, 0.1) is 37.3 Å². The molecule has 3 aromatic rings. The molecule has 1 aliphatic heterocycles. The number of nitrogens with zero attached hydrogens (tertiary/aromatic N) is 4. The molecule has 1 aliphatic rings.